The first kappa shape index (κ1) is 24.1. The minimum Gasteiger partial charge on any atom is -0.360 e. The second-order valence-electron chi connectivity index (χ2n) is 9.35. The molecule has 3 aromatic rings. The maximum atomic E-state index is 9.09. The van der Waals surface area contributed by atoms with E-state index in [4.69, 9.17) is 26.7 Å². The van der Waals surface area contributed by atoms with Gasteiger partial charge in [-0.25, -0.2) is 4.68 Å². The van der Waals surface area contributed by atoms with Gasteiger partial charge in [0.05, 0.1) is 16.3 Å². The Balaban J connectivity index is 1.82. The van der Waals surface area contributed by atoms with Crippen LogP contribution < -0.4 is 5.32 Å². The van der Waals surface area contributed by atoms with Gasteiger partial charge in [0, 0.05) is 37.3 Å². The van der Waals surface area contributed by atoms with Crippen LogP contribution in [-0.4, -0.2) is 24.5 Å². The number of nitrogens with one attached hydrogen (secondary N) is 1. The standard InChI is InChI=1S/C25H31ClN4OSi/c1-17-7-8-20(13-24(17)28-22-10-9-21(15-27)23(26)14-22)25-18(2)29-30(19(25)3)16-31-11-12-32(4,5)6/h7-10,13-14,28H,11-12,16H2,1-6H3. The molecule has 0 fully saturated rings. The zero-order chi connectivity index (χ0) is 23.5. The van der Waals surface area contributed by atoms with Gasteiger partial charge in [0.25, 0.3) is 0 Å². The smallest absolute Gasteiger partial charge is 0.139 e. The van der Waals surface area contributed by atoms with Gasteiger partial charge in [0.2, 0.25) is 0 Å². The molecule has 0 radical (unpaired) electrons. The topological polar surface area (TPSA) is 62.9 Å². The molecule has 7 heteroatoms. The molecular formula is C25H31ClN4OSi. The number of hydrogen-bond acceptors (Lipinski definition) is 4. The normalized spacial score (nSPS) is 11.4. The summed E-state index contributed by atoms with van der Waals surface area (Å²) in [7, 11) is -1.11. The van der Waals surface area contributed by atoms with Gasteiger partial charge in [-0.3, -0.25) is 0 Å². The molecule has 2 aromatic carbocycles. The third-order valence-corrected chi connectivity index (χ3v) is 7.50. The number of anilines is 2. The Morgan fingerprint density at radius 2 is 1.88 bits per heavy atom. The molecule has 1 heterocycles. The molecule has 0 bridgehead atoms. The predicted molar refractivity (Wildman–Crippen MR) is 135 cm³/mol. The van der Waals surface area contributed by atoms with Crippen molar-refractivity contribution >= 4 is 31.0 Å². The fraction of sp³-hybridized carbons (Fsp3) is 0.360. The second kappa shape index (κ2) is 9.91. The number of nitrogens with zero attached hydrogens (tertiary/aromatic N) is 3. The van der Waals surface area contributed by atoms with Crippen molar-refractivity contribution in [3.63, 3.8) is 0 Å². The number of benzene rings is 2. The number of aryl methyl sites for hydroxylation is 2. The highest BCUT2D eigenvalue weighted by Crippen LogP contribution is 2.32. The quantitative estimate of drug-likeness (QED) is 0.285. The van der Waals surface area contributed by atoms with Crippen LogP contribution in [0.3, 0.4) is 0 Å². The lowest BCUT2D eigenvalue weighted by Crippen LogP contribution is -2.22. The highest BCUT2D eigenvalue weighted by molar-refractivity contribution is 6.76. The Labute approximate surface area is 197 Å². The highest BCUT2D eigenvalue weighted by atomic mass is 35.5. The molecule has 0 unspecified atom stereocenters. The van der Waals surface area contributed by atoms with Crippen LogP contribution in [-0.2, 0) is 11.5 Å². The van der Waals surface area contributed by atoms with Crippen LogP contribution >= 0.6 is 11.6 Å². The van der Waals surface area contributed by atoms with Crippen LogP contribution in [0.2, 0.25) is 30.7 Å². The van der Waals surface area contributed by atoms with Crippen LogP contribution in [0.4, 0.5) is 11.4 Å². The van der Waals surface area contributed by atoms with Crippen LogP contribution in [0.1, 0.15) is 22.5 Å². The number of halogens is 1. The van der Waals surface area contributed by atoms with E-state index in [0.717, 1.165) is 52.1 Å². The third-order valence-electron chi connectivity index (χ3n) is 5.49. The van der Waals surface area contributed by atoms with Gasteiger partial charge in [-0.1, -0.05) is 43.4 Å². The van der Waals surface area contributed by atoms with Crippen LogP contribution in [0.25, 0.3) is 11.1 Å². The monoisotopic (exact) mass is 466 g/mol. The summed E-state index contributed by atoms with van der Waals surface area (Å²) < 4.78 is 7.87. The van der Waals surface area contributed by atoms with Crippen LogP contribution in [0.15, 0.2) is 36.4 Å². The van der Waals surface area contributed by atoms with Crippen molar-refractivity contribution in [3.05, 3.63) is 63.9 Å². The van der Waals surface area contributed by atoms with E-state index in [9.17, 15) is 0 Å². The first-order valence-electron chi connectivity index (χ1n) is 10.8. The largest absolute Gasteiger partial charge is 0.360 e. The first-order chi connectivity index (χ1) is 15.1. The molecule has 32 heavy (non-hydrogen) atoms. The van der Waals surface area contributed by atoms with Gasteiger partial charge in [-0.15, -0.1) is 0 Å². The van der Waals surface area contributed by atoms with Crippen molar-refractivity contribution in [1.29, 1.82) is 5.26 Å². The van der Waals surface area contributed by atoms with Gasteiger partial charge in [0.15, 0.2) is 0 Å². The summed E-state index contributed by atoms with van der Waals surface area (Å²) in [5.41, 5.74) is 7.70. The van der Waals surface area contributed by atoms with E-state index in [1.54, 1.807) is 12.1 Å². The number of hydrogen-bond donors (Lipinski definition) is 1. The van der Waals surface area contributed by atoms with Crippen molar-refractivity contribution in [2.45, 2.75) is 53.2 Å². The summed E-state index contributed by atoms with van der Waals surface area (Å²) in [5.74, 6) is 0. The third kappa shape index (κ3) is 5.80. The minimum atomic E-state index is -1.11. The summed E-state index contributed by atoms with van der Waals surface area (Å²) in [6, 6.07) is 15.0. The summed E-state index contributed by atoms with van der Waals surface area (Å²) in [6.07, 6.45) is 0. The van der Waals surface area contributed by atoms with Crippen LogP contribution in [0.5, 0.6) is 0 Å². The Kier molecular flexibility index (Phi) is 7.45. The molecule has 3 rings (SSSR count). The van der Waals surface area contributed by atoms with E-state index >= 15 is 0 Å². The molecule has 0 aliphatic rings. The number of ether oxygens (including phenoxy) is 1. The van der Waals surface area contributed by atoms with Gasteiger partial charge >= 0.3 is 0 Å². The molecule has 0 aliphatic heterocycles. The van der Waals surface area contributed by atoms with E-state index in [2.05, 4.69) is 63.1 Å². The highest BCUT2D eigenvalue weighted by Gasteiger charge is 2.16. The molecular weight excluding hydrogens is 436 g/mol. The molecule has 1 N–H and O–H groups in total. The summed E-state index contributed by atoms with van der Waals surface area (Å²) in [5, 5.41) is 17.7. The minimum absolute atomic E-state index is 0.438. The lowest BCUT2D eigenvalue weighted by molar-refractivity contribution is 0.0770. The van der Waals surface area contributed by atoms with Crippen molar-refractivity contribution in [2.75, 3.05) is 11.9 Å². The Hall–Kier alpha value is -2.59. The average molecular weight is 467 g/mol. The van der Waals surface area contributed by atoms with E-state index in [1.807, 2.05) is 17.7 Å². The van der Waals surface area contributed by atoms with Gasteiger partial charge < -0.3 is 10.1 Å². The Morgan fingerprint density at radius 1 is 1.12 bits per heavy atom. The van der Waals surface area contributed by atoms with E-state index in [0.29, 0.717) is 17.3 Å². The molecule has 168 valence electrons. The average Bonchev–Trinajstić information content (AvgIpc) is 3.00. The first-order valence-corrected chi connectivity index (χ1v) is 14.9. The summed E-state index contributed by atoms with van der Waals surface area (Å²) >= 11 is 6.20. The van der Waals surface area contributed by atoms with E-state index in [-0.39, 0.29) is 0 Å². The Bertz CT molecular complexity index is 1160. The molecule has 0 saturated carbocycles. The molecule has 0 amide bonds. The maximum Gasteiger partial charge on any atom is 0.139 e. The van der Waals surface area contributed by atoms with Gasteiger partial charge in [-0.2, -0.15) is 10.4 Å². The maximum absolute atomic E-state index is 9.09. The van der Waals surface area contributed by atoms with E-state index in [1.165, 1.54) is 0 Å². The molecule has 5 nitrogen and oxygen atoms in total. The predicted octanol–water partition coefficient (Wildman–Crippen LogP) is 7.06. The van der Waals surface area contributed by atoms with Gasteiger partial charge in [-0.05, 0) is 62.2 Å². The number of rotatable bonds is 8. The molecule has 0 saturated heterocycles. The molecule has 0 atom stereocenters. The SMILES string of the molecule is Cc1ccc(-c2c(C)nn(COCC[Si](C)(C)C)c2C)cc1Nc1ccc(C#N)c(Cl)c1. The fourth-order valence-electron chi connectivity index (χ4n) is 3.52. The van der Waals surface area contributed by atoms with Crippen molar-refractivity contribution in [1.82, 2.24) is 9.78 Å². The second-order valence-corrected chi connectivity index (χ2v) is 15.4. The zero-order valence-corrected chi connectivity index (χ0v) is 21.5. The van der Waals surface area contributed by atoms with Gasteiger partial charge in [0.1, 0.15) is 12.8 Å². The number of nitriles is 1. The molecule has 0 aliphatic carbocycles. The molecule has 0 spiro atoms. The van der Waals surface area contributed by atoms with Crippen molar-refractivity contribution in [2.24, 2.45) is 0 Å². The summed E-state index contributed by atoms with van der Waals surface area (Å²) in [4.78, 5) is 0. The zero-order valence-electron chi connectivity index (χ0n) is 19.7. The van der Waals surface area contributed by atoms with Crippen molar-refractivity contribution in [3.8, 4) is 17.2 Å². The fourth-order valence-corrected chi connectivity index (χ4v) is 4.50. The van der Waals surface area contributed by atoms with Crippen molar-refractivity contribution < 1.29 is 4.74 Å². The Morgan fingerprint density at radius 3 is 2.53 bits per heavy atom. The number of aromatic nitrogens is 2. The van der Waals surface area contributed by atoms with Crippen LogP contribution in [0, 0.1) is 32.1 Å². The summed E-state index contributed by atoms with van der Waals surface area (Å²) in [6.45, 7) is 14.5. The lowest BCUT2D eigenvalue weighted by Gasteiger charge is -2.15. The van der Waals surface area contributed by atoms with E-state index < -0.39 is 8.07 Å². The lowest BCUT2D eigenvalue weighted by atomic mass is 10.0. The molecule has 1 aromatic heterocycles.